The third-order valence-corrected chi connectivity index (χ3v) is 6.28. The molecule has 34 heavy (non-hydrogen) atoms. The van der Waals surface area contributed by atoms with Gasteiger partial charge in [0.1, 0.15) is 6.07 Å². The highest BCUT2D eigenvalue weighted by atomic mass is 32.1. The highest BCUT2D eigenvalue weighted by molar-refractivity contribution is 7.10. The summed E-state index contributed by atoms with van der Waals surface area (Å²) in [5, 5.41) is 34.4. The Hall–Kier alpha value is -4.17. The maximum absolute atomic E-state index is 14.9. The van der Waals surface area contributed by atoms with Crippen molar-refractivity contribution >= 4 is 45.7 Å². The van der Waals surface area contributed by atoms with Gasteiger partial charge in [0.15, 0.2) is 17.5 Å². The van der Waals surface area contributed by atoms with Crippen LogP contribution in [0, 0.1) is 17.1 Å². The first-order valence-electron chi connectivity index (χ1n) is 10.5. The van der Waals surface area contributed by atoms with Gasteiger partial charge in [0, 0.05) is 16.8 Å². The smallest absolute Gasteiger partial charge is 0.404 e. The fourth-order valence-corrected chi connectivity index (χ4v) is 4.58. The van der Waals surface area contributed by atoms with Crippen molar-refractivity contribution < 1.29 is 14.3 Å². The van der Waals surface area contributed by atoms with Gasteiger partial charge in [0.05, 0.1) is 35.0 Å². The number of hydrogen-bond donors (Lipinski definition) is 4. The highest BCUT2D eigenvalue weighted by Crippen LogP contribution is 2.31. The third-order valence-electron chi connectivity index (χ3n) is 5.33. The van der Waals surface area contributed by atoms with E-state index in [0.717, 1.165) is 21.8 Å². The molecule has 3 heterocycles. The van der Waals surface area contributed by atoms with Crippen molar-refractivity contribution in [1.82, 2.24) is 20.1 Å². The lowest BCUT2D eigenvalue weighted by molar-refractivity contribution is 0.189. The van der Waals surface area contributed by atoms with Crippen LogP contribution >= 0.6 is 11.3 Å². The number of halogens is 1. The molecule has 0 saturated heterocycles. The first-order valence-corrected chi connectivity index (χ1v) is 11.4. The molecule has 174 valence electrons. The molecule has 0 bridgehead atoms. The lowest BCUT2D eigenvalue weighted by atomic mass is 10.1. The van der Waals surface area contributed by atoms with Gasteiger partial charge in [-0.1, -0.05) is 12.1 Å². The summed E-state index contributed by atoms with van der Waals surface area (Å²) in [4.78, 5) is 16.4. The lowest BCUT2D eigenvalue weighted by Gasteiger charge is -2.25. The van der Waals surface area contributed by atoms with Gasteiger partial charge in [-0.15, -0.1) is 11.3 Å². The van der Waals surface area contributed by atoms with Gasteiger partial charge < -0.3 is 21.1 Å². The number of carboxylic acid groups (broad SMARTS) is 1. The van der Waals surface area contributed by atoms with E-state index in [4.69, 9.17) is 5.11 Å². The SMILES string of the molecule is CCn1ncc2c(Nc3nc(N[C@H](c4cccs4)[C@H](C)NC(=O)O)c(F)cc3C#N)cccc21. The summed E-state index contributed by atoms with van der Waals surface area (Å²) in [6.07, 6.45) is 0.536. The van der Waals surface area contributed by atoms with Crippen LogP contribution in [0.3, 0.4) is 0 Å². The molecule has 2 atom stereocenters. The number of pyridine rings is 1. The van der Waals surface area contributed by atoms with Gasteiger partial charge in [-0.25, -0.2) is 14.2 Å². The Morgan fingerprint density at radius 1 is 1.32 bits per heavy atom. The minimum Gasteiger partial charge on any atom is -0.465 e. The van der Waals surface area contributed by atoms with Gasteiger partial charge in [-0.2, -0.15) is 10.4 Å². The van der Waals surface area contributed by atoms with Gasteiger partial charge >= 0.3 is 6.09 Å². The highest BCUT2D eigenvalue weighted by Gasteiger charge is 2.24. The summed E-state index contributed by atoms with van der Waals surface area (Å²) < 4.78 is 16.8. The Bertz CT molecular complexity index is 1360. The number of fused-ring (bicyclic) bond motifs is 1. The number of thiophene rings is 1. The number of nitrogens with one attached hydrogen (secondary N) is 3. The summed E-state index contributed by atoms with van der Waals surface area (Å²) in [7, 11) is 0. The molecule has 0 fully saturated rings. The Morgan fingerprint density at radius 3 is 2.82 bits per heavy atom. The second kappa shape index (κ2) is 9.76. The number of aromatic nitrogens is 3. The van der Waals surface area contributed by atoms with Crippen molar-refractivity contribution in [2.45, 2.75) is 32.5 Å². The van der Waals surface area contributed by atoms with Gasteiger partial charge in [0.2, 0.25) is 0 Å². The third kappa shape index (κ3) is 4.62. The molecule has 0 aliphatic heterocycles. The summed E-state index contributed by atoms with van der Waals surface area (Å²) >= 11 is 1.41. The summed E-state index contributed by atoms with van der Waals surface area (Å²) in [6, 6.07) is 11.2. The first kappa shape index (κ1) is 23.0. The van der Waals surface area contributed by atoms with E-state index in [0.29, 0.717) is 12.2 Å². The minimum atomic E-state index is -1.19. The van der Waals surface area contributed by atoms with Crippen LogP contribution in [0.15, 0.2) is 48.0 Å². The van der Waals surface area contributed by atoms with Gasteiger partial charge in [-0.3, -0.25) is 4.68 Å². The van der Waals surface area contributed by atoms with Crippen molar-refractivity contribution in [2.24, 2.45) is 0 Å². The number of hydrogen-bond acceptors (Lipinski definition) is 7. The van der Waals surface area contributed by atoms with Crippen molar-refractivity contribution in [3.05, 3.63) is 64.2 Å². The molecule has 4 rings (SSSR count). The quantitative estimate of drug-likeness (QED) is 0.278. The Kier molecular flexibility index (Phi) is 6.60. The number of carbonyl (C=O) groups is 1. The van der Waals surface area contributed by atoms with Crippen molar-refractivity contribution in [3.63, 3.8) is 0 Å². The van der Waals surface area contributed by atoms with E-state index < -0.39 is 24.0 Å². The molecular formula is C23H22FN7O2S. The normalized spacial score (nSPS) is 12.6. The number of nitrogens with zero attached hydrogens (tertiary/aromatic N) is 4. The maximum Gasteiger partial charge on any atom is 0.404 e. The molecule has 0 aliphatic rings. The van der Waals surface area contributed by atoms with Gasteiger partial charge in [-0.05, 0) is 43.5 Å². The molecule has 0 saturated carbocycles. The average molecular weight is 480 g/mol. The van der Waals surface area contributed by atoms with Crippen LogP contribution in [-0.2, 0) is 6.54 Å². The molecule has 0 aliphatic carbocycles. The van der Waals surface area contributed by atoms with Crippen molar-refractivity contribution in [3.8, 4) is 6.07 Å². The average Bonchev–Trinajstić information content (AvgIpc) is 3.48. The van der Waals surface area contributed by atoms with Crippen LogP contribution in [0.4, 0.5) is 26.5 Å². The molecule has 1 aromatic carbocycles. The number of anilines is 3. The largest absolute Gasteiger partial charge is 0.465 e. The van der Waals surface area contributed by atoms with E-state index in [9.17, 15) is 14.4 Å². The van der Waals surface area contributed by atoms with Crippen LogP contribution < -0.4 is 16.0 Å². The van der Waals surface area contributed by atoms with Crippen LogP contribution in [0.2, 0.25) is 0 Å². The number of rotatable bonds is 8. The van der Waals surface area contributed by atoms with E-state index in [1.165, 1.54) is 11.3 Å². The fourth-order valence-electron chi connectivity index (χ4n) is 3.70. The van der Waals surface area contributed by atoms with Crippen molar-refractivity contribution in [2.75, 3.05) is 10.6 Å². The number of benzene rings is 1. The first-order chi connectivity index (χ1) is 16.4. The van der Waals surface area contributed by atoms with E-state index in [-0.39, 0.29) is 17.2 Å². The predicted molar refractivity (Wildman–Crippen MR) is 129 cm³/mol. The van der Waals surface area contributed by atoms with Crippen molar-refractivity contribution in [1.29, 1.82) is 5.26 Å². The summed E-state index contributed by atoms with van der Waals surface area (Å²) in [6.45, 7) is 4.37. The zero-order valence-corrected chi connectivity index (χ0v) is 19.2. The molecule has 4 aromatic rings. The number of nitriles is 1. The summed E-state index contributed by atoms with van der Waals surface area (Å²) in [5.74, 6) is -0.648. The Balaban J connectivity index is 1.71. The Morgan fingerprint density at radius 2 is 2.15 bits per heavy atom. The minimum absolute atomic E-state index is 0.0346. The van der Waals surface area contributed by atoms with Crippen LogP contribution in [0.1, 0.15) is 30.3 Å². The molecule has 9 nitrogen and oxygen atoms in total. The van der Waals surface area contributed by atoms with E-state index in [2.05, 4.69) is 26.0 Å². The molecule has 4 N–H and O–H groups in total. The summed E-state index contributed by atoms with van der Waals surface area (Å²) in [5.41, 5.74) is 1.62. The molecule has 11 heteroatoms. The topological polar surface area (TPSA) is 128 Å². The van der Waals surface area contributed by atoms with Gasteiger partial charge in [0.25, 0.3) is 0 Å². The van der Waals surface area contributed by atoms with E-state index >= 15 is 0 Å². The molecular weight excluding hydrogens is 457 g/mol. The molecule has 0 unspecified atom stereocenters. The van der Waals surface area contributed by atoms with Crippen LogP contribution in [-0.4, -0.2) is 32.0 Å². The predicted octanol–water partition coefficient (Wildman–Crippen LogP) is 5.08. The number of amides is 1. The fraction of sp³-hybridized carbons (Fsp3) is 0.217. The standard InChI is InChI=1S/C23H22FN7O2S/c1-3-31-18-7-4-6-17(15(18)12-26-31)28-21-14(11-25)10-16(24)22(30-21)29-20(13(2)27-23(32)33)19-8-5-9-34-19/h4-10,12-13,20,27H,3H2,1-2H3,(H,32,33)(H2,28,29,30)/t13-,20-/m0/s1. The monoisotopic (exact) mass is 479 g/mol. The Labute approximate surface area is 198 Å². The van der Waals surface area contributed by atoms with Crippen LogP contribution in [0.25, 0.3) is 10.9 Å². The molecule has 3 aromatic heterocycles. The second-order valence-electron chi connectivity index (χ2n) is 7.53. The van der Waals surface area contributed by atoms with Crippen LogP contribution in [0.5, 0.6) is 0 Å². The molecule has 1 amide bonds. The van der Waals surface area contributed by atoms with E-state index in [1.807, 2.05) is 53.4 Å². The van der Waals surface area contributed by atoms with E-state index in [1.54, 1.807) is 13.1 Å². The second-order valence-corrected chi connectivity index (χ2v) is 8.51. The maximum atomic E-state index is 14.9. The molecule has 0 radical (unpaired) electrons. The zero-order chi connectivity index (χ0) is 24.2. The number of aryl methyl sites for hydroxylation is 1. The molecule has 0 spiro atoms. The lowest BCUT2D eigenvalue weighted by Crippen LogP contribution is -2.39. The zero-order valence-electron chi connectivity index (χ0n) is 18.4.